The number of aromatic nitrogens is 1. The van der Waals surface area contributed by atoms with E-state index in [1.54, 1.807) is 66.7 Å². The molecule has 1 aliphatic heterocycles. The Kier molecular flexibility index (Phi) is 10.8. The second kappa shape index (κ2) is 15.6. The van der Waals surface area contributed by atoms with Crippen LogP contribution in [0.1, 0.15) is 46.3 Å². The minimum Gasteiger partial charge on any atom is -0.489 e. The van der Waals surface area contributed by atoms with Gasteiger partial charge in [0.1, 0.15) is 24.7 Å². The lowest BCUT2D eigenvalue weighted by atomic mass is 9.95. The largest absolute Gasteiger partial charge is 0.489 e. The van der Waals surface area contributed by atoms with Crippen LogP contribution in [-0.4, -0.2) is 23.3 Å². The molecular formula is C39H26ClF3N4O5S. The van der Waals surface area contributed by atoms with Crippen molar-refractivity contribution in [2.75, 3.05) is 6.61 Å². The monoisotopic (exact) mass is 754 g/mol. The van der Waals surface area contributed by atoms with Gasteiger partial charge in [-0.1, -0.05) is 59.3 Å². The van der Waals surface area contributed by atoms with E-state index in [0.29, 0.717) is 27.5 Å². The fourth-order valence-electron chi connectivity index (χ4n) is 5.47. The SMILES string of the molecule is CCOC(=O)C1=C(C(F)(F)F)N=c2s/c(=C/c3ccc(OCc4ccc(C#N)cc4)cc3OCc3ccc(C#N)cc3)c(=O)n2[C@@H]1c1ccc(Cl)cc1. The molecule has 1 aromatic heterocycles. The van der Waals surface area contributed by atoms with Crippen LogP contribution >= 0.6 is 22.9 Å². The van der Waals surface area contributed by atoms with E-state index in [9.17, 15) is 22.8 Å². The summed E-state index contributed by atoms with van der Waals surface area (Å²) in [4.78, 5) is 30.8. The average molecular weight is 755 g/mol. The first-order chi connectivity index (χ1) is 25.5. The van der Waals surface area contributed by atoms with Gasteiger partial charge in [-0.3, -0.25) is 9.36 Å². The second-order valence-electron chi connectivity index (χ2n) is 11.5. The number of hydrogen-bond donors (Lipinski definition) is 0. The average Bonchev–Trinajstić information content (AvgIpc) is 3.47. The van der Waals surface area contributed by atoms with Gasteiger partial charge in [-0.15, -0.1) is 0 Å². The van der Waals surface area contributed by atoms with E-state index in [2.05, 4.69) is 17.1 Å². The summed E-state index contributed by atoms with van der Waals surface area (Å²) in [6.07, 6.45) is -3.58. The first-order valence-corrected chi connectivity index (χ1v) is 17.1. The van der Waals surface area contributed by atoms with Gasteiger partial charge in [0.2, 0.25) is 0 Å². The van der Waals surface area contributed by atoms with Crippen LogP contribution in [0.3, 0.4) is 0 Å². The molecule has 2 heterocycles. The third-order valence-corrected chi connectivity index (χ3v) is 9.25. The van der Waals surface area contributed by atoms with Crippen LogP contribution in [0.25, 0.3) is 6.08 Å². The van der Waals surface area contributed by atoms with E-state index < -0.39 is 35.0 Å². The maximum atomic E-state index is 14.5. The Hall–Kier alpha value is -6.15. The molecule has 6 rings (SSSR count). The van der Waals surface area contributed by atoms with E-state index in [4.69, 9.17) is 36.3 Å². The quantitative estimate of drug-likeness (QED) is 0.142. The number of thiazole rings is 1. The molecule has 0 bridgehead atoms. The number of esters is 1. The third kappa shape index (κ3) is 8.17. The molecule has 266 valence electrons. The Morgan fingerprint density at radius 1 is 0.925 bits per heavy atom. The molecule has 0 radical (unpaired) electrons. The predicted octanol–water partition coefficient (Wildman–Crippen LogP) is 6.90. The summed E-state index contributed by atoms with van der Waals surface area (Å²) in [6.45, 7) is 1.50. The zero-order chi connectivity index (χ0) is 37.7. The zero-order valence-electron chi connectivity index (χ0n) is 27.7. The van der Waals surface area contributed by atoms with E-state index in [1.165, 1.54) is 37.3 Å². The highest BCUT2D eigenvalue weighted by Crippen LogP contribution is 2.38. The highest BCUT2D eigenvalue weighted by molar-refractivity contribution is 7.07. The van der Waals surface area contributed by atoms with E-state index in [0.717, 1.165) is 27.0 Å². The Morgan fingerprint density at radius 2 is 1.53 bits per heavy atom. The molecule has 1 atom stereocenters. The van der Waals surface area contributed by atoms with Crippen LogP contribution in [0.2, 0.25) is 5.02 Å². The van der Waals surface area contributed by atoms with Gasteiger partial charge in [0.25, 0.3) is 5.56 Å². The number of carbonyl (C=O) groups excluding carboxylic acids is 1. The second-order valence-corrected chi connectivity index (χ2v) is 13.0. The van der Waals surface area contributed by atoms with Crippen LogP contribution < -0.4 is 24.4 Å². The summed E-state index contributed by atoms with van der Waals surface area (Å²) in [5, 5.41) is 18.6. The van der Waals surface area contributed by atoms with Gasteiger partial charge in [-0.2, -0.15) is 23.7 Å². The smallest absolute Gasteiger partial charge is 0.434 e. The van der Waals surface area contributed by atoms with Crippen LogP contribution in [0.15, 0.2) is 112 Å². The standard InChI is InChI=1S/C39H26ClF3N4O5S/c1-2-50-37(49)33-34(27-11-14-29(40)15-12-27)47-36(48)32(53-38(47)46-35(33)39(41,42)43)17-28-13-16-30(51-21-25-7-3-23(19-44)4-8-25)18-31(28)52-22-26-9-5-24(20-45)6-10-26/h3-18,34H,2,21-22H2,1H3/b32-17+/t34-/m1/s1. The molecular weight excluding hydrogens is 729 g/mol. The van der Waals surface area contributed by atoms with E-state index >= 15 is 0 Å². The molecule has 5 aromatic rings. The summed E-state index contributed by atoms with van der Waals surface area (Å²) < 4.78 is 61.9. The lowest BCUT2D eigenvalue weighted by Gasteiger charge is -2.26. The van der Waals surface area contributed by atoms with Crippen LogP contribution in [0.4, 0.5) is 13.2 Å². The Bertz CT molecular complexity index is 2480. The molecule has 0 aliphatic carbocycles. The molecule has 0 saturated heterocycles. The highest BCUT2D eigenvalue weighted by Gasteiger charge is 2.45. The number of alkyl halides is 3. The van der Waals surface area contributed by atoms with Crippen molar-refractivity contribution in [1.82, 2.24) is 4.57 Å². The maximum Gasteiger partial charge on any atom is 0.434 e. The van der Waals surface area contributed by atoms with Crippen LogP contribution in [0, 0.1) is 22.7 Å². The number of fused-ring (bicyclic) bond motifs is 1. The van der Waals surface area contributed by atoms with Crippen LogP contribution in [0.5, 0.6) is 11.5 Å². The molecule has 0 saturated carbocycles. The number of hydrogen-bond acceptors (Lipinski definition) is 9. The fraction of sp³-hybridized carbons (Fsp3) is 0.154. The molecule has 4 aromatic carbocycles. The lowest BCUT2D eigenvalue weighted by molar-refractivity contribution is -0.140. The van der Waals surface area contributed by atoms with E-state index in [1.807, 2.05) is 0 Å². The maximum absolute atomic E-state index is 14.5. The fourth-order valence-corrected chi connectivity index (χ4v) is 6.59. The summed E-state index contributed by atoms with van der Waals surface area (Å²) in [6, 6.07) is 26.9. The molecule has 0 amide bonds. The van der Waals surface area contributed by atoms with Crippen molar-refractivity contribution < 1.29 is 32.2 Å². The predicted molar refractivity (Wildman–Crippen MR) is 190 cm³/mol. The van der Waals surface area contributed by atoms with Gasteiger partial charge in [0.05, 0.1) is 46.0 Å². The number of rotatable bonds is 10. The first kappa shape index (κ1) is 36.6. The van der Waals surface area contributed by atoms with Crippen molar-refractivity contribution >= 4 is 35.0 Å². The molecule has 53 heavy (non-hydrogen) atoms. The Labute approximate surface area is 309 Å². The van der Waals surface area contributed by atoms with Crippen molar-refractivity contribution in [3.05, 3.63) is 160 Å². The topological polar surface area (TPSA) is 127 Å². The van der Waals surface area contributed by atoms with Crippen molar-refractivity contribution in [2.45, 2.75) is 32.4 Å². The van der Waals surface area contributed by atoms with Crippen molar-refractivity contribution in [3.8, 4) is 23.6 Å². The summed E-state index contributed by atoms with van der Waals surface area (Å²) >= 11 is 6.80. The Balaban J connectivity index is 1.45. The number of carbonyl (C=O) groups is 1. The van der Waals surface area contributed by atoms with Crippen molar-refractivity contribution in [3.63, 3.8) is 0 Å². The number of halogens is 4. The van der Waals surface area contributed by atoms with Gasteiger partial charge in [0, 0.05) is 16.7 Å². The number of allylic oxidation sites excluding steroid dienone is 1. The number of nitriles is 2. The number of nitrogens with zero attached hydrogens (tertiary/aromatic N) is 4. The van der Waals surface area contributed by atoms with Gasteiger partial charge in [0.15, 0.2) is 10.5 Å². The summed E-state index contributed by atoms with van der Waals surface area (Å²) in [5.74, 6) is -0.553. The number of benzene rings is 4. The molecule has 0 unspecified atom stereocenters. The molecule has 14 heteroatoms. The lowest BCUT2D eigenvalue weighted by Crippen LogP contribution is -2.41. The molecule has 0 fully saturated rings. The third-order valence-electron chi connectivity index (χ3n) is 8.02. The molecule has 0 N–H and O–H groups in total. The minimum absolute atomic E-state index is 0.0174. The van der Waals surface area contributed by atoms with Crippen molar-refractivity contribution in [1.29, 1.82) is 10.5 Å². The number of ether oxygens (including phenoxy) is 3. The van der Waals surface area contributed by atoms with Gasteiger partial charge in [-0.25, -0.2) is 9.79 Å². The van der Waals surface area contributed by atoms with Gasteiger partial charge >= 0.3 is 12.1 Å². The molecule has 9 nitrogen and oxygen atoms in total. The zero-order valence-corrected chi connectivity index (χ0v) is 29.3. The van der Waals surface area contributed by atoms with Gasteiger partial charge < -0.3 is 14.2 Å². The Morgan fingerprint density at radius 3 is 2.09 bits per heavy atom. The minimum atomic E-state index is -5.05. The molecule has 1 aliphatic rings. The van der Waals surface area contributed by atoms with E-state index in [-0.39, 0.29) is 40.5 Å². The summed E-state index contributed by atoms with van der Waals surface area (Å²) in [5.41, 5.74) is 0.144. The molecule has 0 spiro atoms. The van der Waals surface area contributed by atoms with Crippen LogP contribution in [-0.2, 0) is 22.7 Å². The summed E-state index contributed by atoms with van der Waals surface area (Å²) in [7, 11) is 0. The first-order valence-electron chi connectivity index (χ1n) is 15.9. The highest BCUT2D eigenvalue weighted by atomic mass is 35.5. The van der Waals surface area contributed by atoms with Gasteiger partial charge in [-0.05, 0) is 78.2 Å². The normalized spacial score (nSPS) is 14.1. The van der Waals surface area contributed by atoms with Crippen molar-refractivity contribution in [2.24, 2.45) is 4.99 Å².